The first kappa shape index (κ1) is 20.4. The molecule has 1 nitrogen and oxygen atoms in total. The maximum Gasteiger partial charge on any atom is 0.116 e. The Labute approximate surface area is 148 Å². The molecule has 0 spiro atoms. The summed E-state index contributed by atoms with van der Waals surface area (Å²) in [6.45, 7) is 15.7. The Hall–Kier alpha value is -0.630. The quantitative estimate of drug-likeness (QED) is 0.577. The van der Waals surface area contributed by atoms with Gasteiger partial charge in [0, 0.05) is 0 Å². The topological polar surface area (TPSA) is 20.2 Å². The second-order valence-electron chi connectivity index (χ2n) is 8.59. The molecule has 0 heterocycles. The van der Waals surface area contributed by atoms with Crippen LogP contribution >= 0.6 is 11.8 Å². The van der Waals surface area contributed by atoms with Gasteiger partial charge in [-0.15, -0.1) is 0 Å². The number of hydrogen-bond acceptors (Lipinski definition) is 2. The smallest absolute Gasteiger partial charge is 0.116 e. The van der Waals surface area contributed by atoms with Gasteiger partial charge < -0.3 is 5.11 Å². The van der Waals surface area contributed by atoms with Crippen molar-refractivity contribution >= 4 is 11.8 Å². The predicted octanol–water partition coefficient (Wildman–Crippen LogP) is 6.45. The van der Waals surface area contributed by atoms with E-state index in [4.69, 9.17) is 0 Å². The van der Waals surface area contributed by atoms with E-state index in [1.165, 1.54) is 47.5 Å². The van der Waals surface area contributed by atoms with Crippen molar-refractivity contribution in [3.63, 3.8) is 0 Å². The zero-order valence-corrected chi connectivity index (χ0v) is 17.1. The minimum atomic E-state index is 0.0590. The summed E-state index contributed by atoms with van der Waals surface area (Å²) in [6.07, 6.45) is 4.93. The Morgan fingerprint density at radius 1 is 0.870 bits per heavy atom. The van der Waals surface area contributed by atoms with Crippen LogP contribution in [0.15, 0.2) is 12.1 Å². The molecule has 0 amide bonds. The van der Waals surface area contributed by atoms with Crippen molar-refractivity contribution in [3.8, 4) is 5.75 Å². The molecule has 0 saturated heterocycles. The summed E-state index contributed by atoms with van der Waals surface area (Å²) in [5, 5.41) is 10.2. The van der Waals surface area contributed by atoms with E-state index in [2.05, 4.69) is 60.2 Å². The third-order valence-electron chi connectivity index (χ3n) is 4.21. The van der Waals surface area contributed by atoms with Crippen LogP contribution in [-0.2, 0) is 17.3 Å². The van der Waals surface area contributed by atoms with Crippen molar-refractivity contribution < 1.29 is 5.11 Å². The van der Waals surface area contributed by atoms with Crippen LogP contribution < -0.4 is 0 Å². The number of rotatable bonds is 7. The van der Waals surface area contributed by atoms with Crippen molar-refractivity contribution in [2.75, 3.05) is 11.5 Å². The average Bonchev–Trinajstić information content (AvgIpc) is 2.41. The summed E-state index contributed by atoms with van der Waals surface area (Å²) in [7, 11) is 0. The van der Waals surface area contributed by atoms with Gasteiger partial charge in [0.15, 0.2) is 0 Å². The molecule has 23 heavy (non-hydrogen) atoms. The molecular formula is C21H36OS. The van der Waals surface area contributed by atoms with Crippen molar-refractivity contribution in [1.29, 1.82) is 0 Å². The van der Waals surface area contributed by atoms with E-state index < -0.39 is 0 Å². The van der Waals surface area contributed by atoms with Gasteiger partial charge >= 0.3 is 0 Å². The lowest BCUT2D eigenvalue weighted by molar-refractivity contribution is 0.463. The third-order valence-corrected chi connectivity index (χ3v) is 5.36. The zero-order chi connectivity index (χ0) is 17.7. The molecule has 1 N–H and O–H groups in total. The molecule has 2 heteroatoms. The zero-order valence-electron chi connectivity index (χ0n) is 16.3. The molecule has 0 bridgehead atoms. The molecule has 1 aromatic carbocycles. The Morgan fingerprint density at radius 3 is 1.78 bits per heavy atom. The van der Waals surface area contributed by atoms with E-state index in [0.29, 0.717) is 5.75 Å². The monoisotopic (exact) mass is 336 g/mol. The third kappa shape index (κ3) is 6.41. The van der Waals surface area contributed by atoms with Crippen LogP contribution in [0.3, 0.4) is 0 Å². The number of benzene rings is 1. The van der Waals surface area contributed by atoms with Crippen LogP contribution in [0.25, 0.3) is 0 Å². The van der Waals surface area contributed by atoms with Crippen molar-refractivity contribution in [2.45, 2.75) is 85.0 Å². The lowest BCUT2D eigenvalue weighted by Crippen LogP contribution is -2.21. The van der Waals surface area contributed by atoms with Crippen LogP contribution in [0.4, 0.5) is 0 Å². The molecule has 1 rings (SSSR count). The standard InChI is InChI=1S/C21H36OS/c1-8-9-12-23-13-10-11-17-18(20(2,3)4)14-16(22)15-19(17)21(5,6)7/h14-15,22H,8-13H2,1-7H3. The first-order valence-corrected chi connectivity index (χ1v) is 10.2. The lowest BCUT2D eigenvalue weighted by atomic mass is 9.75. The molecule has 0 saturated carbocycles. The predicted molar refractivity (Wildman–Crippen MR) is 106 cm³/mol. The first-order chi connectivity index (χ1) is 10.6. The molecule has 0 aliphatic carbocycles. The van der Waals surface area contributed by atoms with E-state index >= 15 is 0 Å². The summed E-state index contributed by atoms with van der Waals surface area (Å²) in [4.78, 5) is 0. The molecule has 0 aliphatic heterocycles. The fraction of sp³-hybridized carbons (Fsp3) is 0.714. The minimum Gasteiger partial charge on any atom is -0.508 e. The van der Waals surface area contributed by atoms with Gasteiger partial charge in [-0.25, -0.2) is 0 Å². The van der Waals surface area contributed by atoms with Gasteiger partial charge in [-0.3, -0.25) is 0 Å². The summed E-state index contributed by atoms with van der Waals surface area (Å²) in [5.74, 6) is 2.92. The van der Waals surface area contributed by atoms with Gasteiger partial charge in [0.2, 0.25) is 0 Å². The van der Waals surface area contributed by atoms with Gasteiger partial charge in [-0.05, 0) is 70.4 Å². The van der Waals surface area contributed by atoms with Crippen molar-refractivity contribution in [2.24, 2.45) is 0 Å². The van der Waals surface area contributed by atoms with Crippen molar-refractivity contribution in [1.82, 2.24) is 0 Å². The molecule has 0 aliphatic rings. The molecule has 0 atom stereocenters. The van der Waals surface area contributed by atoms with E-state index in [0.717, 1.165) is 6.42 Å². The van der Waals surface area contributed by atoms with E-state index in [1.54, 1.807) is 0 Å². The highest BCUT2D eigenvalue weighted by Gasteiger charge is 2.26. The SMILES string of the molecule is CCCCSCCCc1c(C(C)(C)C)cc(O)cc1C(C)(C)C. The maximum absolute atomic E-state index is 10.2. The van der Waals surface area contributed by atoms with Crippen LogP contribution in [0, 0.1) is 0 Å². The normalized spacial score (nSPS) is 12.7. The fourth-order valence-electron chi connectivity index (χ4n) is 2.96. The number of unbranched alkanes of at least 4 members (excludes halogenated alkanes) is 1. The van der Waals surface area contributed by atoms with Crippen LogP contribution in [0.5, 0.6) is 5.75 Å². The van der Waals surface area contributed by atoms with Gasteiger partial charge in [-0.2, -0.15) is 11.8 Å². The number of thioether (sulfide) groups is 1. The second kappa shape index (κ2) is 8.46. The number of aromatic hydroxyl groups is 1. The highest BCUT2D eigenvalue weighted by Crippen LogP contribution is 2.37. The van der Waals surface area contributed by atoms with Crippen LogP contribution in [0.1, 0.15) is 84.4 Å². The highest BCUT2D eigenvalue weighted by atomic mass is 32.2. The Morgan fingerprint density at radius 2 is 1.35 bits per heavy atom. The molecule has 0 unspecified atom stereocenters. The lowest BCUT2D eigenvalue weighted by Gasteiger charge is -2.30. The van der Waals surface area contributed by atoms with Gasteiger partial charge in [0.05, 0.1) is 0 Å². The fourth-order valence-corrected chi connectivity index (χ4v) is 4.01. The number of phenolic OH excluding ortho intramolecular Hbond substituents is 1. The Kier molecular flexibility index (Phi) is 7.51. The van der Waals surface area contributed by atoms with Crippen LogP contribution in [-0.4, -0.2) is 16.6 Å². The Bertz CT molecular complexity index is 457. The maximum atomic E-state index is 10.2. The van der Waals surface area contributed by atoms with Gasteiger partial charge in [0.1, 0.15) is 5.75 Å². The molecule has 132 valence electrons. The summed E-state index contributed by atoms with van der Waals surface area (Å²) >= 11 is 2.08. The van der Waals surface area contributed by atoms with Crippen molar-refractivity contribution in [3.05, 3.63) is 28.8 Å². The highest BCUT2D eigenvalue weighted by molar-refractivity contribution is 7.99. The average molecular weight is 337 g/mol. The van der Waals surface area contributed by atoms with Gasteiger partial charge in [-0.1, -0.05) is 54.9 Å². The molecule has 1 aromatic rings. The first-order valence-electron chi connectivity index (χ1n) is 9.02. The summed E-state index contributed by atoms with van der Waals surface area (Å²) in [6, 6.07) is 3.96. The largest absolute Gasteiger partial charge is 0.508 e. The van der Waals surface area contributed by atoms with E-state index in [-0.39, 0.29) is 10.8 Å². The second-order valence-corrected chi connectivity index (χ2v) is 9.81. The van der Waals surface area contributed by atoms with Crippen LogP contribution in [0.2, 0.25) is 0 Å². The number of hydrogen-bond donors (Lipinski definition) is 1. The molecular weight excluding hydrogens is 300 g/mol. The summed E-state index contributed by atoms with van der Waals surface area (Å²) < 4.78 is 0. The van der Waals surface area contributed by atoms with E-state index in [9.17, 15) is 5.11 Å². The number of phenols is 1. The minimum absolute atomic E-state index is 0.0590. The Balaban J connectivity index is 3.01. The molecule has 0 fully saturated rings. The molecule has 0 radical (unpaired) electrons. The molecule has 0 aromatic heterocycles. The van der Waals surface area contributed by atoms with Gasteiger partial charge in [0.25, 0.3) is 0 Å². The summed E-state index contributed by atoms with van der Waals surface area (Å²) in [5.41, 5.74) is 4.19. The van der Waals surface area contributed by atoms with E-state index in [1.807, 2.05) is 12.1 Å².